The molecule has 1 aliphatic heterocycles. The van der Waals surface area contributed by atoms with Crippen LogP contribution in [0.3, 0.4) is 0 Å². The van der Waals surface area contributed by atoms with Crippen LogP contribution < -0.4 is 5.32 Å². The summed E-state index contributed by atoms with van der Waals surface area (Å²) < 4.78 is 5.48. The highest BCUT2D eigenvalue weighted by molar-refractivity contribution is 5.68. The van der Waals surface area contributed by atoms with Crippen molar-refractivity contribution in [1.29, 1.82) is 0 Å². The molecule has 2 unspecified atom stereocenters. The second-order valence-electron chi connectivity index (χ2n) is 8.16. The van der Waals surface area contributed by atoms with Gasteiger partial charge in [-0.3, -0.25) is 0 Å². The van der Waals surface area contributed by atoms with Gasteiger partial charge in [0.2, 0.25) is 0 Å². The Bertz CT molecular complexity index is 388. The number of nitrogens with one attached hydrogen (secondary N) is 1. The molecule has 0 spiro atoms. The zero-order valence-electron chi connectivity index (χ0n) is 14.5. The highest BCUT2D eigenvalue weighted by atomic mass is 16.6. The van der Waals surface area contributed by atoms with Crippen molar-refractivity contribution < 1.29 is 14.6 Å². The number of aliphatic hydroxyl groups is 1. The summed E-state index contributed by atoms with van der Waals surface area (Å²) in [7, 11) is 0. The van der Waals surface area contributed by atoms with E-state index in [0.717, 1.165) is 45.3 Å². The van der Waals surface area contributed by atoms with E-state index in [2.05, 4.69) is 12.2 Å². The van der Waals surface area contributed by atoms with Crippen LogP contribution in [-0.2, 0) is 4.74 Å². The summed E-state index contributed by atoms with van der Waals surface area (Å²) in [5.41, 5.74) is -0.304. The maximum atomic E-state index is 12.2. The summed E-state index contributed by atoms with van der Waals surface area (Å²) in [6.07, 6.45) is 4.22. The predicted octanol–water partition coefficient (Wildman–Crippen LogP) is 2.38. The molecule has 1 saturated carbocycles. The Kier molecular flexibility index (Phi) is 5.38. The third-order valence-electron chi connectivity index (χ3n) is 4.91. The largest absolute Gasteiger partial charge is 0.444 e. The molecule has 2 rings (SSSR count). The minimum Gasteiger partial charge on any atom is -0.444 e. The van der Waals surface area contributed by atoms with E-state index in [0.29, 0.717) is 12.0 Å². The van der Waals surface area contributed by atoms with Crippen LogP contribution in [-0.4, -0.2) is 54.0 Å². The molecular weight excluding hydrogens is 280 g/mol. The number of nitrogens with zero attached hydrogens (tertiary/aromatic N) is 1. The number of aliphatic hydroxyl groups excluding tert-OH is 1. The lowest BCUT2D eigenvalue weighted by Crippen LogP contribution is -2.48. The number of likely N-dealkylation sites (tertiary alicyclic amines) is 1. The lowest BCUT2D eigenvalue weighted by Gasteiger charge is -2.37. The number of piperidine rings is 1. The Labute approximate surface area is 134 Å². The predicted molar refractivity (Wildman–Crippen MR) is 86.7 cm³/mol. The van der Waals surface area contributed by atoms with Gasteiger partial charge in [0.25, 0.3) is 0 Å². The van der Waals surface area contributed by atoms with Crippen molar-refractivity contribution in [2.24, 2.45) is 11.3 Å². The summed E-state index contributed by atoms with van der Waals surface area (Å²) in [5, 5.41) is 13.0. The summed E-state index contributed by atoms with van der Waals surface area (Å²) in [4.78, 5) is 14.0. The molecule has 1 saturated heterocycles. The van der Waals surface area contributed by atoms with E-state index in [1.165, 1.54) is 0 Å². The number of carbonyl (C=O) groups is 1. The van der Waals surface area contributed by atoms with Crippen molar-refractivity contribution in [1.82, 2.24) is 10.2 Å². The lowest BCUT2D eigenvalue weighted by molar-refractivity contribution is 0.0147. The van der Waals surface area contributed by atoms with Gasteiger partial charge in [-0.1, -0.05) is 0 Å². The Balaban J connectivity index is 1.80. The van der Waals surface area contributed by atoms with Crippen LogP contribution in [0.25, 0.3) is 0 Å². The number of rotatable bonds is 5. The van der Waals surface area contributed by atoms with Crippen LogP contribution in [0.5, 0.6) is 0 Å². The van der Waals surface area contributed by atoms with Crippen LogP contribution in [0, 0.1) is 11.3 Å². The third kappa shape index (κ3) is 4.85. The van der Waals surface area contributed by atoms with Gasteiger partial charge in [0.15, 0.2) is 0 Å². The number of hydrogen-bond donors (Lipinski definition) is 2. The van der Waals surface area contributed by atoms with Crippen molar-refractivity contribution in [3.05, 3.63) is 0 Å². The molecule has 0 bridgehead atoms. The van der Waals surface area contributed by atoms with Gasteiger partial charge in [-0.05, 0) is 59.3 Å². The van der Waals surface area contributed by atoms with Crippen LogP contribution in [0.2, 0.25) is 0 Å². The van der Waals surface area contributed by atoms with E-state index >= 15 is 0 Å². The Hall–Kier alpha value is -0.810. The molecule has 1 aliphatic carbocycles. The average molecular weight is 312 g/mol. The van der Waals surface area contributed by atoms with Gasteiger partial charge in [0.1, 0.15) is 5.60 Å². The van der Waals surface area contributed by atoms with Crippen molar-refractivity contribution in [2.45, 2.75) is 65.0 Å². The first kappa shape index (κ1) is 17.5. The molecule has 0 aromatic heterocycles. The van der Waals surface area contributed by atoms with Crippen molar-refractivity contribution in [3.63, 3.8) is 0 Å². The Morgan fingerprint density at radius 2 is 2.14 bits per heavy atom. The number of ether oxygens (including phenoxy) is 1. The van der Waals surface area contributed by atoms with Gasteiger partial charge < -0.3 is 20.1 Å². The zero-order valence-corrected chi connectivity index (χ0v) is 14.5. The fourth-order valence-electron chi connectivity index (χ4n) is 3.02. The molecule has 1 amide bonds. The maximum absolute atomic E-state index is 12.2. The molecule has 128 valence electrons. The summed E-state index contributed by atoms with van der Waals surface area (Å²) in [5.74, 6) is 0.454. The quantitative estimate of drug-likeness (QED) is 0.818. The Morgan fingerprint density at radius 3 is 2.68 bits per heavy atom. The van der Waals surface area contributed by atoms with Gasteiger partial charge in [0.05, 0.1) is 0 Å². The van der Waals surface area contributed by atoms with Crippen molar-refractivity contribution >= 4 is 6.09 Å². The maximum Gasteiger partial charge on any atom is 0.410 e. The number of hydrogen-bond acceptors (Lipinski definition) is 4. The number of amides is 1. The molecule has 2 fully saturated rings. The molecule has 0 aromatic carbocycles. The second-order valence-corrected chi connectivity index (χ2v) is 8.16. The first-order valence-electron chi connectivity index (χ1n) is 8.57. The summed E-state index contributed by atoms with van der Waals surface area (Å²) in [6, 6.07) is 0.356. The van der Waals surface area contributed by atoms with Gasteiger partial charge >= 0.3 is 6.09 Å². The van der Waals surface area contributed by atoms with Gasteiger partial charge in [-0.15, -0.1) is 0 Å². The van der Waals surface area contributed by atoms with E-state index < -0.39 is 5.60 Å². The highest BCUT2D eigenvalue weighted by Gasteiger charge is 2.42. The SMILES string of the molecule is CC(NCC1(CO)CC1)C1CCCN(C(=O)OC(C)(C)C)C1. The van der Waals surface area contributed by atoms with Crippen LogP contribution in [0.15, 0.2) is 0 Å². The molecule has 2 atom stereocenters. The molecule has 1 heterocycles. The van der Waals surface area contributed by atoms with Crippen LogP contribution >= 0.6 is 0 Å². The molecule has 2 aliphatic rings. The molecule has 5 nitrogen and oxygen atoms in total. The first-order chi connectivity index (χ1) is 10.2. The minimum atomic E-state index is -0.437. The minimum absolute atomic E-state index is 0.133. The molecule has 22 heavy (non-hydrogen) atoms. The van der Waals surface area contributed by atoms with E-state index in [9.17, 15) is 9.90 Å². The number of carbonyl (C=O) groups excluding carboxylic acids is 1. The van der Waals surface area contributed by atoms with Gasteiger partial charge in [0, 0.05) is 37.7 Å². The summed E-state index contributed by atoms with van der Waals surface area (Å²) in [6.45, 7) is 10.6. The lowest BCUT2D eigenvalue weighted by atomic mass is 9.91. The van der Waals surface area contributed by atoms with Gasteiger partial charge in [-0.2, -0.15) is 0 Å². The van der Waals surface area contributed by atoms with Crippen molar-refractivity contribution in [3.8, 4) is 0 Å². The van der Waals surface area contributed by atoms with E-state index in [4.69, 9.17) is 4.74 Å². The van der Waals surface area contributed by atoms with E-state index in [-0.39, 0.29) is 18.1 Å². The molecule has 5 heteroatoms. The Morgan fingerprint density at radius 1 is 1.45 bits per heavy atom. The van der Waals surface area contributed by atoms with E-state index in [1.807, 2.05) is 25.7 Å². The molecule has 0 radical (unpaired) electrons. The van der Waals surface area contributed by atoms with Crippen molar-refractivity contribution in [2.75, 3.05) is 26.2 Å². The van der Waals surface area contributed by atoms with Crippen LogP contribution in [0.4, 0.5) is 4.79 Å². The third-order valence-corrected chi connectivity index (χ3v) is 4.91. The normalized spacial score (nSPS) is 25.7. The van der Waals surface area contributed by atoms with Gasteiger partial charge in [-0.25, -0.2) is 4.79 Å². The standard InChI is InChI=1S/C17H32N2O3/c1-13(18-11-17(12-20)7-8-17)14-6-5-9-19(10-14)15(21)22-16(2,3)4/h13-14,18,20H,5-12H2,1-4H3. The highest BCUT2D eigenvalue weighted by Crippen LogP contribution is 2.44. The zero-order chi connectivity index (χ0) is 16.4. The average Bonchev–Trinajstić information content (AvgIpc) is 3.24. The topological polar surface area (TPSA) is 61.8 Å². The molecule has 0 aromatic rings. The summed E-state index contributed by atoms with van der Waals surface area (Å²) >= 11 is 0. The second kappa shape index (κ2) is 6.75. The molecular formula is C17H32N2O3. The fraction of sp³-hybridized carbons (Fsp3) is 0.941. The van der Waals surface area contributed by atoms with E-state index in [1.54, 1.807) is 0 Å². The van der Waals surface area contributed by atoms with Crippen LogP contribution in [0.1, 0.15) is 53.4 Å². The monoisotopic (exact) mass is 312 g/mol. The first-order valence-corrected chi connectivity index (χ1v) is 8.57. The smallest absolute Gasteiger partial charge is 0.410 e. The molecule has 2 N–H and O–H groups in total. The fourth-order valence-corrected chi connectivity index (χ4v) is 3.02.